The highest BCUT2D eigenvalue weighted by atomic mass is 35.5. The number of amides is 1. The molecule has 0 aliphatic carbocycles. The summed E-state index contributed by atoms with van der Waals surface area (Å²) in [6, 6.07) is 9.25. The second-order valence-corrected chi connectivity index (χ2v) is 7.65. The van der Waals surface area contributed by atoms with E-state index in [1.165, 1.54) is 0 Å². The second-order valence-electron chi connectivity index (χ2n) is 5.48. The molecule has 0 aliphatic heterocycles. The summed E-state index contributed by atoms with van der Waals surface area (Å²) in [5.41, 5.74) is 0.846. The van der Waals surface area contributed by atoms with Gasteiger partial charge in [-0.1, -0.05) is 23.7 Å². The lowest BCUT2D eigenvalue weighted by Gasteiger charge is -2.08. The van der Waals surface area contributed by atoms with E-state index in [2.05, 4.69) is 10.0 Å². The zero-order chi connectivity index (χ0) is 19.2. The van der Waals surface area contributed by atoms with Crippen LogP contribution in [0, 0.1) is 11.6 Å². The molecule has 0 bridgehead atoms. The van der Waals surface area contributed by atoms with Crippen LogP contribution in [-0.2, 0) is 21.4 Å². The molecular formula is C17H17ClF2N2O3S. The van der Waals surface area contributed by atoms with Gasteiger partial charge >= 0.3 is 0 Å². The number of halogens is 3. The Labute approximate surface area is 155 Å². The molecule has 140 valence electrons. The van der Waals surface area contributed by atoms with Crippen LogP contribution in [0.15, 0.2) is 47.4 Å². The fourth-order valence-electron chi connectivity index (χ4n) is 2.16. The molecule has 9 heteroatoms. The first-order chi connectivity index (χ1) is 12.3. The van der Waals surface area contributed by atoms with Gasteiger partial charge in [-0.15, -0.1) is 0 Å². The van der Waals surface area contributed by atoms with Gasteiger partial charge in [-0.05, 0) is 36.2 Å². The van der Waals surface area contributed by atoms with Gasteiger partial charge < -0.3 is 5.32 Å². The molecule has 0 unspecified atom stereocenters. The van der Waals surface area contributed by atoms with E-state index in [1.54, 1.807) is 18.2 Å². The Bertz CT molecular complexity index is 891. The summed E-state index contributed by atoms with van der Waals surface area (Å²) >= 11 is 5.85. The predicted octanol–water partition coefficient (Wildman–Crippen LogP) is 2.99. The minimum absolute atomic E-state index is 0.0519. The lowest BCUT2D eigenvalue weighted by atomic mass is 10.2. The maximum atomic E-state index is 13.5. The van der Waals surface area contributed by atoms with E-state index in [0.29, 0.717) is 17.6 Å². The average Bonchev–Trinajstić information content (AvgIpc) is 2.56. The lowest BCUT2D eigenvalue weighted by Crippen LogP contribution is -2.28. The minimum atomic E-state index is -4.10. The largest absolute Gasteiger partial charge is 0.352 e. The van der Waals surface area contributed by atoms with Crippen molar-refractivity contribution in [2.24, 2.45) is 0 Å². The topological polar surface area (TPSA) is 75.3 Å². The van der Waals surface area contributed by atoms with Crippen molar-refractivity contribution >= 4 is 27.5 Å². The highest BCUT2D eigenvalue weighted by molar-refractivity contribution is 7.89. The molecule has 0 saturated carbocycles. The molecule has 5 nitrogen and oxygen atoms in total. The smallest absolute Gasteiger partial charge is 0.243 e. The number of carbonyl (C=O) groups excluding carboxylic acids is 1. The summed E-state index contributed by atoms with van der Waals surface area (Å²) in [5.74, 6) is -2.29. The Kier molecular flexibility index (Phi) is 7.07. The van der Waals surface area contributed by atoms with Crippen molar-refractivity contribution in [1.29, 1.82) is 0 Å². The zero-order valence-electron chi connectivity index (χ0n) is 13.6. The summed E-state index contributed by atoms with van der Waals surface area (Å²) < 4.78 is 52.5. The van der Waals surface area contributed by atoms with Crippen LogP contribution < -0.4 is 10.0 Å². The monoisotopic (exact) mass is 402 g/mol. The molecule has 0 spiro atoms. The Morgan fingerprint density at radius 1 is 1.12 bits per heavy atom. The van der Waals surface area contributed by atoms with Crippen molar-refractivity contribution in [3.8, 4) is 0 Å². The van der Waals surface area contributed by atoms with E-state index >= 15 is 0 Å². The molecular weight excluding hydrogens is 386 g/mol. The maximum absolute atomic E-state index is 13.5. The van der Waals surface area contributed by atoms with Crippen LogP contribution in [0.2, 0.25) is 5.02 Å². The van der Waals surface area contributed by atoms with Crippen LogP contribution in [0.4, 0.5) is 8.78 Å². The minimum Gasteiger partial charge on any atom is -0.352 e. The molecule has 0 heterocycles. The third-order valence-corrected chi connectivity index (χ3v) is 5.16. The second kappa shape index (κ2) is 9.07. The number of benzene rings is 2. The molecule has 0 radical (unpaired) electrons. The molecule has 1 amide bonds. The number of nitrogens with one attached hydrogen (secondary N) is 2. The Morgan fingerprint density at radius 2 is 1.88 bits per heavy atom. The van der Waals surface area contributed by atoms with E-state index in [9.17, 15) is 22.0 Å². The van der Waals surface area contributed by atoms with Crippen molar-refractivity contribution < 1.29 is 22.0 Å². The standard InChI is InChI=1S/C17H17ClF2N2O3S/c18-13-4-1-3-12(9-13)11-21-17(23)5-2-8-22-26(24,25)16-7-6-14(19)10-15(16)20/h1,3-4,6-7,9-10,22H,2,5,8,11H2,(H,21,23). The summed E-state index contributed by atoms with van der Waals surface area (Å²) in [4.78, 5) is 11.1. The fourth-order valence-corrected chi connectivity index (χ4v) is 3.51. The molecule has 2 rings (SSSR count). The van der Waals surface area contributed by atoms with Crippen LogP contribution in [0.3, 0.4) is 0 Å². The van der Waals surface area contributed by atoms with Crippen molar-refractivity contribution in [2.45, 2.75) is 24.3 Å². The fraction of sp³-hybridized carbons (Fsp3) is 0.235. The normalized spacial score (nSPS) is 11.3. The van der Waals surface area contributed by atoms with Gasteiger partial charge in [0.05, 0.1) is 0 Å². The Balaban J connectivity index is 1.76. The van der Waals surface area contributed by atoms with E-state index in [0.717, 1.165) is 17.7 Å². The van der Waals surface area contributed by atoms with Crippen molar-refractivity contribution in [2.75, 3.05) is 6.54 Å². The van der Waals surface area contributed by atoms with Gasteiger partial charge in [0.15, 0.2) is 0 Å². The van der Waals surface area contributed by atoms with E-state index in [-0.39, 0.29) is 25.3 Å². The van der Waals surface area contributed by atoms with Crippen LogP contribution in [0.5, 0.6) is 0 Å². The molecule has 0 fully saturated rings. The molecule has 26 heavy (non-hydrogen) atoms. The lowest BCUT2D eigenvalue weighted by molar-refractivity contribution is -0.121. The summed E-state index contributed by atoms with van der Waals surface area (Å²) in [7, 11) is -4.10. The summed E-state index contributed by atoms with van der Waals surface area (Å²) in [6.45, 7) is 0.260. The van der Waals surface area contributed by atoms with Crippen LogP contribution in [0.1, 0.15) is 18.4 Å². The van der Waals surface area contributed by atoms with Gasteiger partial charge in [0.1, 0.15) is 16.5 Å². The van der Waals surface area contributed by atoms with E-state index in [4.69, 9.17) is 11.6 Å². The third-order valence-electron chi connectivity index (χ3n) is 3.43. The number of carbonyl (C=O) groups is 1. The number of sulfonamides is 1. The number of rotatable bonds is 8. The van der Waals surface area contributed by atoms with Crippen LogP contribution in [-0.4, -0.2) is 20.9 Å². The highest BCUT2D eigenvalue weighted by Crippen LogP contribution is 2.15. The molecule has 0 atom stereocenters. The predicted molar refractivity (Wildman–Crippen MR) is 94.1 cm³/mol. The van der Waals surface area contributed by atoms with Crippen molar-refractivity contribution in [1.82, 2.24) is 10.0 Å². The number of hydrogen-bond donors (Lipinski definition) is 2. The van der Waals surface area contributed by atoms with E-state index in [1.807, 2.05) is 6.07 Å². The maximum Gasteiger partial charge on any atom is 0.243 e. The summed E-state index contributed by atoms with van der Waals surface area (Å²) in [5, 5.41) is 3.26. The molecule has 0 aromatic heterocycles. The van der Waals surface area contributed by atoms with Gasteiger partial charge in [-0.25, -0.2) is 21.9 Å². The van der Waals surface area contributed by atoms with Gasteiger partial charge in [-0.3, -0.25) is 4.79 Å². The van der Waals surface area contributed by atoms with Crippen LogP contribution in [0.25, 0.3) is 0 Å². The first-order valence-corrected chi connectivity index (χ1v) is 9.60. The SMILES string of the molecule is O=C(CCCNS(=O)(=O)c1ccc(F)cc1F)NCc1cccc(Cl)c1. The Hall–Kier alpha value is -2.03. The molecule has 0 saturated heterocycles. The number of hydrogen-bond acceptors (Lipinski definition) is 3. The molecule has 2 aromatic rings. The van der Waals surface area contributed by atoms with Crippen molar-refractivity contribution in [3.63, 3.8) is 0 Å². The third kappa shape index (κ3) is 6.05. The highest BCUT2D eigenvalue weighted by Gasteiger charge is 2.19. The van der Waals surface area contributed by atoms with Crippen LogP contribution >= 0.6 is 11.6 Å². The average molecular weight is 403 g/mol. The molecule has 2 aromatic carbocycles. The zero-order valence-corrected chi connectivity index (χ0v) is 15.2. The first kappa shape index (κ1) is 20.3. The van der Waals surface area contributed by atoms with Gasteiger partial charge in [0, 0.05) is 30.6 Å². The van der Waals surface area contributed by atoms with E-state index < -0.39 is 26.6 Å². The van der Waals surface area contributed by atoms with Crippen molar-refractivity contribution in [3.05, 3.63) is 64.7 Å². The van der Waals surface area contributed by atoms with Gasteiger partial charge in [-0.2, -0.15) is 0 Å². The molecule has 2 N–H and O–H groups in total. The summed E-state index contributed by atoms with van der Waals surface area (Å²) in [6.07, 6.45) is 0.318. The first-order valence-electron chi connectivity index (χ1n) is 7.74. The quantitative estimate of drug-likeness (QED) is 0.666. The van der Waals surface area contributed by atoms with Gasteiger partial charge in [0.25, 0.3) is 0 Å². The van der Waals surface area contributed by atoms with Gasteiger partial charge in [0.2, 0.25) is 15.9 Å². The Morgan fingerprint density at radius 3 is 2.58 bits per heavy atom. The molecule has 0 aliphatic rings.